The normalized spacial score (nSPS) is 11.8. The van der Waals surface area contributed by atoms with Crippen LogP contribution in [0.25, 0.3) is 21.8 Å². The number of halogens is 1. The summed E-state index contributed by atoms with van der Waals surface area (Å²) in [5.41, 5.74) is 2.46. The molecule has 0 fully saturated rings. The zero-order valence-corrected chi connectivity index (χ0v) is 16.1. The topological polar surface area (TPSA) is 50.3 Å². The van der Waals surface area contributed by atoms with Crippen molar-refractivity contribution in [1.82, 2.24) is 9.29 Å². The van der Waals surface area contributed by atoms with E-state index in [1.807, 2.05) is 19.2 Å². The summed E-state index contributed by atoms with van der Waals surface area (Å²) in [6.45, 7) is 4.52. The number of rotatable bonds is 6. The smallest absolute Gasteiger partial charge is 0.236 e. The molecule has 0 unspecified atom stereocenters. The van der Waals surface area contributed by atoms with Gasteiger partial charge in [0.15, 0.2) is 0 Å². The first-order valence-corrected chi connectivity index (χ1v) is 10.6. The molecule has 0 N–H and O–H groups in total. The number of sulfonamides is 1. The van der Waals surface area contributed by atoms with Gasteiger partial charge in [0.25, 0.3) is 0 Å². The molecule has 4 nitrogen and oxygen atoms in total. The number of aromatic nitrogens is 1. The van der Waals surface area contributed by atoms with E-state index in [0.29, 0.717) is 13.1 Å². The summed E-state index contributed by atoms with van der Waals surface area (Å²) < 4.78 is 39.6. The standard InChI is InChI=1S/C19H19FN2O2S2/c1-3-22(4-2)26(23,24)17-11-7-14(8-12-17)18-13-25-19(21-18)15-5-9-16(20)10-6-15/h5-13H,3-4H2,1-2H3. The second kappa shape index (κ2) is 7.65. The third kappa shape index (κ3) is 3.70. The predicted octanol–water partition coefficient (Wildman–Crippen LogP) is 4.65. The molecule has 0 aliphatic carbocycles. The second-order valence-electron chi connectivity index (χ2n) is 5.66. The minimum atomic E-state index is -3.46. The van der Waals surface area contributed by atoms with Gasteiger partial charge >= 0.3 is 0 Å². The first kappa shape index (κ1) is 18.7. The highest BCUT2D eigenvalue weighted by molar-refractivity contribution is 7.89. The van der Waals surface area contributed by atoms with Crippen LogP contribution in [0.5, 0.6) is 0 Å². The summed E-state index contributed by atoms with van der Waals surface area (Å²) in [5, 5.41) is 2.70. The molecule has 0 saturated heterocycles. The summed E-state index contributed by atoms with van der Waals surface area (Å²) in [6, 6.07) is 12.9. The van der Waals surface area contributed by atoms with Crippen LogP contribution in [0.3, 0.4) is 0 Å². The Hall–Kier alpha value is -2.09. The van der Waals surface area contributed by atoms with Crippen LogP contribution >= 0.6 is 11.3 Å². The largest absolute Gasteiger partial charge is 0.243 e. The zero-order chi connectivity index (χ0) is 18.7. The summed E-state index contributed by atoms with van der Waals surface area (Å²) in [7, 11) is -3.46. The fourth-order valence-corrected chi connectivity index (χ4v) is 4.93. The Morgan fingerprint density at radius 3 is 2.12 bits per heavy atom. The van der Waals surface area contributed by atoms with Gasteiger partial charge in [0, 0.05) is 29.6 Å². The molecule has 3 rings (SSSR count). The maximum absolute atomic E-state index is 13.0. The van der Waals surface area contributed by atoms with Crippen LogP contribution in [0.15, 0.2) is 58.8 Å². The van der Waals surface area contributed by atoms with Crippen LogP contribution in [0, 0.1) is 5.82 Å². The lowest BCUT2D eigenvalue weighted by Gasteiger charge is -2.18. The van der Waals surface area contributed by atoms with Gasteiger partial charge in [-0.2, -0.15) is 4.31 Å². The molecule has 1 aromatic heterocycles. The van der Waals surface area contributed by atoms with E-state index in [-0.39, 0.29) is 10.7 Å². The molecular formula is C19H19FN2O2S2. The van der Waals surface area contributed by atoms with Crippen molar-refractivity contribution in [3.05, 3.63) is 59.7 Å². The van der Waals surface area contributed by atoms with Crippen LogP contribution in [0.2, 0.25) is 0 Å². The van der Waals surface area contributed by atoms with E-state index >= 15 is 0 Å². The number of nitrogens with zero attached hydrogens (tertiary/aromatic N) is 2. The average molecular weight is 391 g/mol. The molecule has 1 heterocycles. The molecule has 0 radical (unpaired) electrons. The van der Waals surface area contributed by atoms with Gasteiger partial charge in [-0.05, 0) is 36.4 Å². The summed E-state index contributed by atoms with van der Waals surface area (Å²) in [6.07, 6.45) is 0. The van der Waals surface area contributed by atoms with E-state index in [2.05, 4.69) is 4.98 Å². The number of hydrogen-bond donors (Lipinski definition) is 0. The van der Waals surface area contributed by atoms with Gasteiger partial charge in [0.05, 0.1) is 10.6 Å². The van der Waals surface area contributed by atoms with E-state index in [1.54, 1.807) is 36.4 Å². The molecule has 136 valence electrons. The molecule has 26 heavy (non-hydrogen) atoms. The predicted molar refractivity (Wildman–Crippen MR) is 103 cm³/mol. The highest BCUT2D eigenvalue weighted by atomic mass is 32.2. The molecule has 0 bridgehead atoms. The van der Waals surface area contributed by atoms with Gasteiger partial charge in [-0.1, -0.05) is 26.0 Å². The highest BCUT2D eigenvalue weighted by Gasteiger charge is 2.21. The van der Waals surface area contributed by atoms with Crippen LogP contribution < -0.4 is 0 Å². The molecule has 3 aromatic rings. The minimum absolute atomic E-state index is 0.277. The average Bonchev–Trinajstić information content (AvgIpc) is 3.13. The lowest BCUT2D eigenvalue weighted by atomic mass is 10.2. The summed E-state index contributed by atoms with van der Waals surface area (Å²) in [5.74, 6) is -0.282. The SMILES string of the molecule is CCN(CC)S(=O)(=O)c1ccc(-c2csc(-c3ccc(F)cc3)n2)cc1. The summed E-state index contributed by atoms with van der Waals surface area (Å²) >= 11 is 1.47. The van der Waals surface area contributed by atoms with Gasteiger partial charge in [0.1, 0.15) is 10.8 Å². The van der Waals surface area contributed by atoms with Crippen LogP contribution in [-0.2, 0) is 10.0 Å². The van der Waals surface area contributed by atoms with Crippen LogP contribution in [0.4, 0.5) is 4.39 Å². The Kier molecular flexibility index (Phi) is 5.50. The van der Waals surface area contributed by atoms with Crippen molar-refractivity contribution >= 4 is 21.4 Å². The lowest BCUT2D eigenvalue weighted by molar-refractivity contribution is 0.445. The van der Waals surface area contributed by atoms with E-state index in [1.165, 1.54) is 27.8 Å². The third-order valence-electron chi connectivity index (χ3n) is 4.09. The molecule has 0 atom stereocenters. The molecular weight excluding hydrogens is 371 g/mol. The Balaban J connectivity index is 1.87. The molecule has 0 spiro atoms. The Morgan fingerprint density at radius 1 is 0.962 bits per heavy atom. The molecule has 0 aliphatic heterocycles. The molecule has 0 aliphatic rings. The maximum Gasteiger partial charge on any atom is 0.243 e. The quantitative estimate of drug-likeness (QED) is 0.616. The van der Waals surface area contributed by atoms with Gasteiger partial charge in [-0.25, -0.2) is 17.8 Å². The van der Waals surface area contributed by atoms with Crippen molar-refractivity contribution in [3.8, 4) is 21.8 Å². The number of thiazole rings is 1. The maximum atomic E-state index is 13.0. The fourth-order valence-electron chi connectivity index (χ4n) is 2.64. The van der Waals surface area contributed by atoms with E-state index in [0.717, 1.165) is 21.8 Å². The van der Waals surface area contributed by atoms with Crippen molar-refractivity contribution in [1.29, 1.82) is 0 Å². The Bertz CT molecular complexity index is 977. The Labute approximate surface area is 157 Å². The monoisotopic (exact) mass is 390 g/mol. The minimum Gasteiger partial charge on any atom is -0.236 e. The molecule has 0 saturated carbocycles. The van der Waals surface area contributed by atoms with E-state index in [4.69, 9.17) is 0 Å². The lowest BCUT2D eigenvalue weighted by Crippen LogP contribution is -2.30. The molecule has 7 heteroatoms. The van der Waals surface area contributed by atoms with Gasteiger partial charge in [-0.15, -0.1) is 11.3 Å². The number of hydrogen-bond acceptors (Lipinski definition) is 4. The highest BCUT2D eigenvalue weighted by Crippen LogP contribution is 2.29. The van der Waals surface area contributed by atoms with Crippen molar-refractivity contribution < 1.29 is 12.8 Å². The first-order chi connectivity index (χ1) is 12.5. The van der Waals surface area contributed by atoms with E-state index < -0.39 is 10.0 Å². The Morgan fingerprint density at radius 2 is 1.54 bits per heavy atom. The number of benzene rings is 2. The second-order valence-corrected chi connectivity index (χ2v) is 8.45. The summed E-state index contributed by atoms with van der Waals surface area (Å²) in [4.78, 5) is 4.85. The van der Waals surface area contributed by atoms with Crippen LogP contribution in [0.1, 0.15) is 13.8 Å². The molecule has 0 amide bonds. The van der Waals surface area contributed by atoms with Gasteiger partial charge < -0.3 is 0 Å². The van der Waals surface area contributed by atoms with E-state index in [9.17, 15) is 12.8 Å². The van der Waals surface area contributed by atoms with Crippen molar-refractivity contribution in [2.24, 2.45) is 0 Å². The van der Waals surface area contributed by atoms with Crippen molar-refractivity contribution in [2.45, 2.75) is 18.7 Å². The van der Waals surface area contributed by atoms with Gasteiger partial charge in [-0.3, -0.25) is 0 Å². The third-order valence-corrected chi connectivity index (χ3v) is 7.04. The fraction of sp³-hybridized carbons (Fsp3) is 0.211. The molecule has 2 aromatic carbocycles. The first-order valence-electron chi connectivity index (χ1n) is 8.27. The van der Waals surface area contributed by atoms with Gasteiger partial charge in [0.2, 0.25) is 10.0 Å². The van der Waals surface area contributed by atoms with Crippen molar-refractivity contribution in [2.75, 3.05) is 13.1 Å². The van der Waals surface area contributed by atoms with Crippen LogP contribution in [-0.4, -0.2) is 30.8 Å². The van der Waals surface area contributed by atoms with Crippen molar-refractivity contribution in [3.63, 3.8) is 0 Å². The zero-order valence-electron chi connectivity index (χ0n) is 14.5.